The van der Waals surface area contributed by atoms with Crippen molar-refractivity contribution in [1.82, 2.24) is 14.8 Å². The molecule has 0 N–H and O–H groups in total. The van der Waals surface area contributed by atoms with E-state index in [2.05, 4.69) is 46.0 Å². The monoisotopic (exact) mass is 488 g/mol. The zero-order valence-electron chi connectivity index (χ0n) is 20.4. The maximum absolute atomic E-state index is 13.0. The van der Waals surface area contributed by atoms with Crippen LogP contribution < -0.4 is 4.90 Å². The van der Waals surface area contributed by atoms with Crippen LogP contribution in [0.1, 0.15) is 42.4 Å². The summed E-state index contributed by atoms with van der Waals surface area (Å²) in [7, 11) is 0. The number of piperidine rings is 1. The number of piperazine rings is 1. The van der Waals surface area contributed by atoms with Gasteiger partial charge >= 0.3 is 6.18 Å². The maximum Gasteiger partial charge on any atom is 0.417 e. The quantitative estimate of drug-likeness (QED) is 0.562. The lowest BCUT2D eigenvalue weighted by molar-refractivity contribution is -0.137. The van der Waals surface area contributed by atoms with Crippen LogP contribution in [0, 0.1) is 12.8 Å². The van der Waals surface area contributed by atoms with Gasteiger partial charge in [-0.15, -0.1) is 0 Å². The molecule has 3 heterocycles. The fourth-order valence-corrected chi connectivity index (χ4v) is 5.14. The van der Waals surface area contributed by atoms with Gasteiger partial charge in [0.25, 0.3) is 0 Å². The van der Waals surface area contributed by atoms with Crippen LogP contribution in [0.3, 0.4) is 0 Å². The van der Waals surface area contributed by atoms with Crippen molar-refractivity contribution in [2.24, 2.45) is 5.92 Å². The average Bonchev–Trinajstić information content (AvgIpc) is 2.85. The van der Waals surface area contributed by atoms with Gasteiger partial charge in [0, 0.05) is 63.8 Å². The van der Waals surface area contributed by atoms with E-state index >= 15 is 0 Å². The topological polar surface area (TPSA) is 39.7 Å². The highest BCUT2D eigenvalue weighted by Crippen LogP contribution is 2.30. The second kappa shape index (κ2) is 11.4. The van der Waals surface area contributed by atoms with Crippen molar-refractivity contribution in [3.63, 3.8) is 0 Å². The Morgan fingerprint density at radius 2 is 1.80 bits per heavy atom. The number of pyridine rings is 1. The van der Waals surface area contributed by atoms with Crippen molar-refractivity contribution in [3.8, 4) is 0 Å². The minimum atomic E-state index is -4.38. The van der Waals surface area contributed by atoms with E-state index in [0.717, 1.165) is 64.7 Å². The molecule has 1 atom stereocenters. The highest BCUT2D eigenvalue weighted by atomic mass is 19.4. The van der Waals surface area contributed by atoms with Crippen molar-refractivity contribution < 1.29 is 18.0 Å². The largest absolute Gasteiger partial charge is 0.417 e. The lowest BCUT2D eigenvalue weighted by Gasteiger charge is -2.36. The van der Waals surface area contributed by atoms with Crippen LogP contribution in [0.4, 0.5) is 18.9 Å². The molecule has 8 heteroatoms. The zero-order chi connectivity index (χ0) is 24.8. The Kier molecular flexibility index (Phi) is 8.31. The molecule has 0 radical (unpaired) electrons. The van der Waals surface area contributed by atoms with E-state index in [4.69, 9.17) is 0 Å². The molecule has 4 rings (SSSR count). The summed E-state index contributed by atoms with van der Waals surface area (Å²) in [5, 5.41) is 0. The van der Waals surface area contributed by atoms with Gasteiger partial charge in [0.15, 0.2) is 0 Å². The standard InChI is InChI=1S/C27H35F3N4O/c1-21-6-8-25(9-7-21)33-14-12-32(13-15-33)10-3-5-26(35)34-11-2-4-22(20-34)16-23-17-24(19-31-18-23)27(28,29)30/h6-9,17-19,22H,2-5,10-16,20H2,1H3/t22-/m1/s1. The molecule has 1 aromatic carbocycles. The molecule has 2 fully saturated rings. The van der Waals surface area contributed by atoms with Gasteiger partial charge in [-0.05, 0) is 68.8 Å². The summed E-state index contributed by atoms with van der Waals surface area (Å²) >= 11 is 0. The fourth-order valence-electron chi connectivity index (χ4n) is 5.14. The SMILES string of the molecule is Cc1ccc(N2CCN(CCCC(=O)N3CCC[C@H](Cc4cncc(C(F)(F)F)c4)C3)CC2)cc1. The van der Waals surface area contributed by atoms with Crippen LogP contribution in [-0.2, 0) is 17.4 Å². The van der Waals surface area contributed by atoms with Gasteiger partial charge in [-0.1, -0.05) is 17.7 Å². The predicted octanol–water partition coefficient (Wildman–Crippen LogP) is 4.79. The Morgan fingerprint density at radius 3 is 2.51 bits per heavy atom. The molecule has 2 aromatic rings. The van der Waals surface area contributed by atoms with Crippen molar-refractivity contribution in [1.29, 1.82) is 0 Å². The third-order valence-corrected chi connectivity index (χ3v) is 7.15. The van der Waals surface area contributed by atoms with E-state index in [1.807, 2.05) is 4.90 Å². The number of halogens is 3. The fraction of sp³-hybridized carbons (Fsp3) is 0.556. The van der Waals surface area contributed by atoms with E-state index in [-0.39, 0.29) is 11.8 Å². The highest BCUT2D eigenvalue weighted by molar-refractivity contribution is 5.76. The molecule has 2 aliphatic heterocycles. The van der Waals surface area contributed by atoms with Gasteiger partial charge < -0.3 is 9.80 Å². The Balaban J connectivity index is 1.18. The minimum Gasteiger partial charge on any atom is -0.369 e. The Labute approximate surface area is 205 Å². The van der Waals surface area contributed by atoms with Gasteiger partial charge in [-0.25, -0.2) is 0 Å². The van der Waals surface area contributed by atoms with E-state index in [0.29, 0.717) is 24.9 Å². The number of hydrogen-bond acceptors (Lipinski definition) is 4. The Morgan fingerprint density at radius 1 is 1.06 bits per heavy atom. The first kappa shape index (κ1) is 25.5. The van der Waals surface area contributed by atoms with Gasteiger partial charge in [-0.2, -0.15) is 13.2 Å². The number of aromatic nitrogens is 1. The molecule has 0 bridgehead atoms. The van der Waals surface area contributed by atoms with Gasteiger partial charge in [-0.3, -0.25) is 14.7 Å². The number of anilines is 1. The average molecular weight is 489 g/mol. The molecule has 1 amide bonds. The number of carbonyl (C=O) groups excluding carboxylic acids is 1. The molecule has 35 heavy (non-hydrogen) atoms. The van der Waals surface area contributed by atoms with Crippen LogP contribution in [0.2, 0.25) is 0 Å². The van der Waals surface area contributed by atoms with Crippen molar-refractivity contribution in [2.45, 2.75) is 45.2 Å². The van der Waals surface area contributed by atoms with Crippen LogP contribution in [-0.4, -0.2) is 66.5 Å². The summed E-state index contributed by atoms with van der Waals surface area (Å²) in [6, 6.07) is 9.84. The number of nitrogens with zero attached hydrogens (tertiary/aromatic N) is 4. The van der Waals surface area contributed by atoms with E-state index in [1.54, 1.807) is 0 Å². The molecule has 2 saturated heterocycles. The third-order valence-electron chi connectivity index (χ3n) is 7.15. The number of likely N-dealkylation sites (tertiary alicyclic amines) is 1. The van der Waals surface area contributed by atoms with Crippen LogP contribution in [0.25, 0.3) is 0 Å². The number of hydrogen-bond donors (Lipinski definition) is 0. The summed E-state index contributed by atoms with van der Waals surface area (Å²) < 4.78 is 38.9. The first-order valence-electron chi connectivity index (χ1n) is 12.6. The van der Waals surface area contributed by atoms with Crippen LogP contribution >= 0.6 is 0 Å². The molecular weight excluding hydrogens is 453 g/mol. The van der Waals surface area contributed by atoms with Crippen LogP contribution in [0.15, 0.2) is 42.7 Å². The lowest BCUT2D eigenvalue weighted by Crippen LogP contribution is -2.47. The first-order valence-corrected chi connectivity index (χ1v) is 12.6. The van der Waals surface area contributed by atoms with Crippen molar-refractivity contribution >= 4 is 11.6 Å². The second-order valence-electron chi connectivity index (χ2n) is 9.90. The predicted molar refractivity (Wildman–Crippen MR) is 131 cm³/mol. The highest BCUT2D eigenvalue weighted by Gasteiger charge is 2.31. The molecule has 2 aliphatic rings. The minimum absolute atomic E-state index is 0.162. The molecule has 1 aromatic heterocycles. The van der Waals surface area contributed by atoms with E-state index in [1.165, 1.54) is 23.5 Å². The molecule has 190 valence electrons. The molecule has 0 spiro atoms. The number of carbonyl (C=O) groups is 1. The van der Waals surface area contributed by atoms with E-state index < -0.39 is 11.7 Å². The third kappa shape index (κ3) is 7.19. The maximum atomic E-state index is 13.0. The number of rotatable bonds is 7. The summed E-state index contributed by atoms with van der Waals surface area (Å²) in [4.78, 5) is 23.3. The molecule has 5 nitrogen and oxygen atoms in total. The van der Waals surface area contributed by atoms with Gasteiger partial charge in [0.05, 0.1) is 5.56 Å². The summed E-state index contributed by atoms with van der Waals surface area (Å²) in [5.74, 6) is 0.336. The Bertz CT molecular complexity index is 971. The number of aryl methyl sites for hydroxylation is 1. The smallest absolute Gasteiger partial charge is 0.369 e. The van der Waals surface area contributed by atoms with Crippen molar-refractivity contribution in [2.75, 3.05) is 50.7 Å². The first-order chi connectivity index (χ1) is 16.8. The number of amides is 1. The lowest BCUT2D eigenvalue weighted by atomic mass is 9.91. The molecule has 0 aliphatic carbocycles. The van der Waals surface area contributed by atoms with Crippen molar-refractivity contribution in [3.05, 3.63) is 59.4 Å². The normalized spacial score (nSPS) is 19.7. The van der Waals surface area contributed by atoms with E-state index in [9.17, 15) is 18.0 Å². The molecule has 0 saturated carbocycles. The molecular formula is C27H35F3N4O. The van der Waals surface area contributed by atoms with Gasteiger partial charge in [0.1, 0.15) is 0 Å². The van der Waals surface area contributed by atoms with Gasteiger partial charge in [0.2, 0.25) is 5.91 Å². The van der Waals surface area contributed by atoms with Crippen LogP contribution in [0.5, 0.6) is 0 Å². The summed E-state index contributed by atoms with van der Waals surface area (Å²) in [5.41, 5.74) is 2.41. The number of alkyl halides is 3. The summed E-state index contributed by atoms with van der Waals surface area (Å²) in [6.07, 6.45) is 1.68. The second-order valence-corrected chi connectivity index (χ2v) is 9.90. The number of benzene rings is 1. The molecule has 0 unspecified atom stereocenters. The zero-order valence-corrected chi connectivity index (χ0v) is 20.4. The summed E-state index contributed by atoms with van der Waals surface area (Å²) in [6.45, 7) is 8.36. The Hall–Kier alpha value is -2.61.